The molecule has 0 saturated heterocycles. The molecule has 1 heterocycles. The van der Waals surface area contributed by atoms with E-state index in [1.165, 1.54) is 0 Å². The third-order valence-electron chi connectivity index (χ3n) is 4.67. The standard InChI is InChI=1S/C20H26N2O2S/c1-4-22-16-6-5-7-17(23)18(16)19(21-20(22)25)14-8-10-15(11-9-14)24-12-13(2)3/h8-11,13,19H,4-7,12H2,1-3H3,(H,21,25). The van der Waals surface area contributed by atoms with Crippen molar-refractivity contribution in [2.45, 2.75) is 46.1 Å². The Labute approximate surface area is 155 Å². The van der Waals surface area contributed by atoms with Gasteiger partial charge in [-0.15, -0.1) is 0 Å². The molecular formula is C20H26N2O2S. The summed E-state index contributed by atoms with van der Waals surface area (Å²) in [5.74, 6) is 1.58. The van der Waals surface area contributed by atoms with E-state index in [1.807, 2.05) is 24.3 Å². The van der Waals surface area contributed by atoms with Gasteiger partial charge in [0.1, 0.15) is 5.75 Å². The number of hydrogen-bond acceptors (Lipinski definition) is 3. The molecule has 1 aliphatic carbocycles. The zero-order chi connectivity index (χ0) is 18.0. The predicted molar refractivity (Wildman–Crippen MR) is 104 cm³/mol. The van der Waals surface area contributed by atoms with Gasteiger partial charge in [0.2, 0.25) is 0 Å². The lowest BCUT2D eigenvalue weighted by Crippen LogP contribution is -2.49. The van der Waals surface area contributed by atoms with Gasteiger partial charge in [0.05, 0.1) is 12.6 Å². The second-order valence-corrected chi connectivity index (χ2v) is 7.42. The van der Waals surface area contributed by atoms with Gasteiger partial charge < -0.3 is 15.0 Å². The number of thiocarbonyl (C=S) groups is 1. The second kappa shape index (κ2) is 7.56. The van der Waals surface area contributed by atoms with Crippen molar-refractivity contribution in [2.75, 3.05) is 13.2 Å². The van der Waals surface area contributed by atoms with E-state index < -0.39 is 0 Å². The highest BCUT2D eigenvalue weighted by atomic mass is 32.1. The lowest BCUT2D eigenvalue weighted by Gasteiger charge is -2.40. The van der Waals surface area contributed by atoms with Crippen molar-refractivity contribution in [2.24, 2.45) is 5.92 Å². The SMILES string of the molecule is CCN1C(=S)NC(c2ccc(OCC(C)C)cc2)C2=C1CCCC2=O. The minimum absolute atomic E-state index is 0.155. The third kappa shape index (κ3) is 3.71. The fourth-order valence-corrected chi connectivity index (χ4v) is 3.81. The maximum absolute atomic E-state index is 12.6. The number of hydrogen-bond donors (Lipinski definition) is 1. The van der Waals surface area contributed by atoms with Crippen LogP contribution < -0.4 is 10.1 Å². The zero-order valence-corrected chi connectivity index (χ0v) is 16.0. The van der Waals surface area contributed by atoms with Crippen LogP contribution >= 0.6 is 12.2 Å². The van der Waals surface area contributed by atoms with E-state index in [0.717, 1.165) is 42.0 Å². The molecule has 0 bridgehead atoms. The molecule has 0 saturated carbocycles. The Morgan fingerprint density at radius 2 is 2.00 bits per heavy atom. The minimum Gasteiger partial charge on any atom is -0.493 e. The van der Waals surface area contributed by atoms with Crippen LogP contribution in [-0.2, 0) is 4.79 Å². The summed E-state index contributed by atoms with van der Waals surface area (Å²) >= 11 is 5.55. The molecule has 2 aliphatic rings. The number of carbonyl (C=O) groups is 1. The highest BCUT2D eigenvalue weighted by Crippen LogP contribution is 2.37. The molecule has 0 amide bonds. The van der Waals surface area contributed by atoms with Gasteiger partial charge in [0.15, 0.2) is 10.9 Å². The maximum atomic E-state index is 12.6. The molecule has 0 aromatic heterocycles. The molecule has 4 nitrogen and oxygen atoms in total. The molecule has 3 rings (SSSR count). The first-order valence-electron chi connectivity index (χ1n) is 9.08. The van der Waals surface area contributed by atoms with Crippen molar-refractivity contribution in [3.8, 4) is 5.75 Å². The molecule has 5 heteroatoms. The molecular weight excluding hydrogens is 332 g/mol. The van der Waals surface area contributed by atoms with Gasteiger partial charge in [-0.05, 0) is 55.6 Å². The van der Waals surface area contributed by atoms with Crippen LogP contribution in [0.5, 0.6) is 5.75 Å². The van der Waals surface area contributed by atoms with Crippen LogP contribution in [0.15, 0.2) is 35.5 Å². The third-order valence-corrected chi connectivity index (χ3v) is 5.01. The molecule has 1 unspecified atom stereocenters. The monoisotopic (exact) mass is 358 g/mol. The molecule has 134 valence electrons. The molecule has 1 aromatic carbocycles. The van der Waals surface area contributed by atoms with E-state index in [9.17, 15) is 4.79 Å². The van der Waals surface area contributed by atoms with Crippen LogP contribution in [0.2, 0.25) is 0 Å². The van der Waals surface area contributed by atoms with E-state index in [4.69, 9.17) is 17.0 Å². The molecule has 1 N–H and O–H groups in total. The quantitative estimate of drug-likeness (QED) is 0.807. The Kier molecular flexibility index (Phi) is 5.42. The smallest absolute Gasteiger partial charge is 0.173 e. The summed E-state index contributed by atoms with van der Waals surface area (Å²) in [6.07, 6.45) is 2.45. The second-order valence-electron chi connectivity index (χ2n) is 7.04. The Hall–Kier alpha value is -1.88. The Morgan fingerprint density at radius 1 is 1.28 bits per heavy atom. The van der Waals surface area contributed by atoms with Crippen LogP contribution in [0.3, 0.4) is 0 Å². The largest absolute Gasteiger partial charge is 0.493 e. The van der Waals surface area contributed by atoms with Gasteiger partial charge in [-0.3, -0.25) is 4.79 Å². The highest BCUT2D eigenvalue weighted by Gasteiger charge is 2.36. The fraction of sp³-hybridized carbons (Fsp3) is 0.500. The van der Waals surface area contributed by atoms with Gasteiger partial charge in [0.25, 0.3) is 0 Å². The number of rotatable bonds is 5. The predicted octanol–water partition coefficient (Wildman–Crippen LogP) is 3.98. The van der Waals surface area contributed by atoms with Gasteiger partial charge >= 0.3 is 0 Å². The van der Waals surface area contributed by atoms with E-state index in [1.54, 1.807) is 0 Å². The summed E-state index contributed by atoms with van der Waals surface area (Å²) in [6, 6.07) is 7.86. The van der Waals surface area contributed by atoms with Gasteiger partial charge in [-0.25, -0.2) is 0 Å². The highest BCUT2D eigenvalue weighted by molar-refractivity contribution is 7.80. The van der Waals surface area contributed by atoms with E-state index in [0.29, 0.717) is 24.1 Å². The molecule has 0 spiro atoms. The summed E-state index contributed by atoms with van der Waals surface area (Å²) in [5, 5.41) is 4.08. The normalized spacial score (nSPS) is 20.6. The van der Waals surface area contributed by atoms with Gasteiger partial charge in [0, 0.05) is 24.2 Å². The maximum Gasteiger partial charge on any atom is 0.173 e. The van der Waals surface area contributed by atoms with Crippen molar-refractivity contribution in [3.63, 3.8) is 0 Å². The van der Waals surface area contributed by atoms with Crippen molar-refractivity contribution in [1.82, 2.24) is 10.2 Å². The summed E-state index contributed by atoms with van der Waals surface area (Å²) in [7, 11) is 0. The van der Waals surface area contributed by atoms with Crippen molar-refractivity contribution >= 4 is 23.1 Å². The summed E-state index contributed by atoms with van der Waals surface area (Å²) in [5.41, 5.74) is 3.04. The first-order chi connectivity index (χ1) is 12.0. The van der Waals surface area contributed by atoms with E-state index in [-0.39, 0.29) is 11.8 Å². The van der Waals surface area contributed by atoms with E-state index >= 15 is 0 Å². The number of ether oxygens (including phenoxy) is 1. The van der Waals surface area contributed by atoms with Crippen LogP contribution in [0, 0.1) is 5.92 Å². The first-order valence-corrected chi connectivity index (χ1v) is 9.49. The van der Waals surface area contributed by atoms with Crippen LogP contribution in [0.4, 0.5) is 0 Å². The van der Waals surface area contributed by atoms with Crippen LogP contribution in [0.1, 0.15) is 51.6 Å². The number of benzene rings is 1. The Balaban J connectivity index is 1.90. The number of carbonyl (C=O) groups excluding carboxylic acids is 1. The number of nitrogens with one attached hydrogen (secondary N) is 1. The van der Waals surface area contributed by atoms with E-state index in [2.05, 4.69) is 31.0 Å². The average molecular weight is 359 g/mol. The molecule has 25 heavy (non-hydrogen) atoms. The molecule has 1 aromatic rings. The Bertz CT molecular complexity index is 694. The summed E-state index contributed by atoms with van der Waals surface area (Å²) in [4.78, 5) is 14.7. The van der Waals surface area contributed by atoms with Crippen LogP contribution in [-0.4, -0.2) is 28.9 Å². The average Bonchev–Trinajstić information content (AvgIpc) is 2.60. The molecule has 1 aliphatic heterocycles. The summed E-state index contributed by atoms with van der Waals surface area (Å²) < 4.78 is 5.76. The number of nitrogens with zero attached hydrogens (tertiary/aromatic N) is 1. The number of ketones is 1. The number of Topliss-reactive ketones (excluding diaryl/α,β-unsaturated/α-hetero) is 1. The first kappa shape index (κ1) is 17.9. The number of allylic oxidation sites excluding steroid dienone is 1. The molecule has 0 radical (unpaired) electrons. The van der Waals surface area contributed by atoms with Gasteiger partial charge in [-0.1, -0.05) is 26.0 Å². The minimum atomic E-state index is -0.155. The lowest BCUT2D eigenvalue weighted by molar-refractivity contribution is -0.116. The fourth-order valence-electron chi connectivity index (χ4n) is 3.45. The van der Waals surface area contributed by atoms with Crippen molar-refractivity contribution in [1.29, 1.82) is 0 Å². The molecule has 1 atom stereocenters. The zero-order valence-electron chi connectivity index (χ0n) is 15.2. The summed E-state index contributed by atoms with van der Waals surface area (Å²) in [6.45, 7) is 7.81. The van der Waals surface area contributed by atoms with Gasteiger partial charge in [-0.2, -0.15) is 0 Å². The van der Waals surface area contributed by atoms with Crippen LogP contribution in [0.25, 0.3) is 0 Å². The topological polar surface area (TPSA) is 41.6 Å². The van der Waals surface area contributed by atoms with Crippen molar-refractivity contribution < 1.29 is 9.53 Å². The molecule has 0 fully saturated rings. The Morgan fingerprint density at radius 3 is 2.64 bits per heavy atom. The van der Waals surface area contributed by atoms with Crippen molar-refractivity contribution in [3.05, 3.63) is 41.1 Å². The lowest BCUT2D eigenvalue weighted by atomic mass is 9.85.